The van der Waals surface area contributed by atoms with Crippen LogP contribution in [-0.2, 0) is 4.79 Å². The molecule has 0 spiro atoms. The molecule has 0 aliphatic heterocycles. The van der Waals surface area contributed by atoms with Crippen molar-refractivity contribution >= 4 is 5.91 Å². The number of ether oxygens (including phenoxy) is 1. The van der Waals surface area contributed by atoms with E-state index in [9.17, 15) is 9.18 Å². The van der Waals surface area contributed by atoms with E-state index in [0.717, 1.165) is 5.56 Å². The van der Waals surface area contributed by atoms with Crippen LogP contribution in [0.25, 0.3) is 0 Å². The first-order valence-corrected chi connectivity index (χ1v) is 8.21. The molecule has 4 heteroatoms. The van der Waals surface area contributed by atoms with Crippen molar-refractivity contribution in [3.8, 4) is 5.75 Å². The van der Waals surface area contributed by atoms with Gasteiger partial charge in [0.15, 0.2) is 17.7 Å². The third-order valence-corrected chi connectivity index (χ3v) is 4.16. The molecular weight excluding hydrogens is 305 g/mol. The molecule has 1 amide bonds. The zero-order chi connectivity index (χ0) is 17.7. The summed E-state index contributed by atoms with van der Waals surface area (Å²) in [5.41, 5.74) is 3.43. The van der Waals surface area contributed by atoms with Gasteiger partial charge in [0.1, 0.15) is 0 Å². The molecule has 0 saturated heterocycles. The molecule has 2 unspecified atom stereocenters. The van der Waals surface area contributed by atoms with Gasteiger partial charge in [-0.1, -0.05) is 37.3 Å². The Labute approximate surface area is 142 Å². The number of carbonyl (C=O) groups excluding carboxylic acids is 1. The van der Waals surface area contributed by atoms with E-state index in [1.54, 1.807) is 12.1 Å². The van der Waals surface area contributed by atoms with Crippen molar-refractivity contribution in [2.75, 3.05) is 0 Å². The summed E-state index contributed by atoms with van der Waals surface area (Å²) in [7, 11) is 0. The predicted octanol–water partition coefficient (Wildman–Crippen LogP) is 4.48. The molecule has 0 aliphatic carbocycles. The van der Waals surface area contributed by atoms with E-state index in [0.29, 0.717) is 6.42 Å². The Hall–Kier alpha value is -2.36. The first kappa shape index (κ1) is 18.0. The topological polar surface area (TPSA) is 38.3 Å². The molecule has 0 saturated carbocycles. The van der Waals surface area contributed by atoms with E-state index in [2.05, 4.69) is 18.3 Å². The van der Waals surface area contributed by atoms with E-state index in [-0.39, 0.29) is 17.7 Å². The largest absolute Gasteiger partial charge is 0.478 e. The molecule has 0 radical (unpaired) electrons. The zero-order valence-electron chi connectivity index (χ0n) is 14.6. The van der Waals surface area contributed by atoms with Gasteiger partial charge >= 0.3 is 0 Å². The minimum Gasteiger partial charge on any atom is -0.478 e. The fourth-order valence-corrected chi connectivity index (χ4v) is 2.44. The number of aryl methyl sites for hydroxylation is 2. The highest BCUT2D eigenvalue weighted by Gasteiger charge is 2.21. The van der Waals surface area contributed by atoms with Gasteiger partial charge in [-0.15, -0.1) is 0 Å². The zero-order valence-corrected chi connectivity index (χ0v) is 14.6. The lowest BCUT2D eigenvalue weighted by Gasteiger charge is -2.21. The average molecular weight is 329 g/mol. The summed E-state index contributed by atoms with van der Waals surface area (Å²) in [4.78, 5) is 12.5. The summed E-state index contributed by atoms with van der Waals surface area (Å²) in [6.07, 6.45) is -0.268. The maximum Gasteiger partial charge on any atom is 0.261 e. The second kappa shape index (κ2) is 7.95. The third kappa shape index (κ3) is 4.34. The number of nitrogens with one attached hydrogen (secondary N) is 1. The van der Waals surface area contributed by atoms with E-state index >= 15 is 0 Å². The molecule has 0 fully saturated rings. The van der Waals surface area contributed by atoms with Crippen molar-refractivity contribution in [2.24, 2.45) is 0 Å². The monoisotopic (exact) mass is 329 g/mol. The average Bonchev–Trinajstić information content (AvgIpc) is 2.56. The molecule has 3 nitrogen and oxygen atoms in total. The SMILES string of the molecule is CCC(Oc1ccccc1F)C(=O)NC(C)c1ccc(C)c(C)c1. The summed E-state index contributed by atoms with van der Waals surface area (Å²) >= 11 is 0. The van der Waals surface area contributed by atoms with Crippen LogP contribution in [0.3, 0.4) is 0 Å². The van der Waals surface area contributed by atoms with Crippen molar-refractivity contribution in [1.29, 1.82) is 0 Å². The molecular formula is C20H24FNO2. The lowest BCUT2D eigenvalue weighted by Crippen LogP contribution is -2.39. The highest BCUT2D eigenvalue weighted by molar-refractivity contribution is 5.81. The Morgan fingerprint density at radius 1 is 1.17 bits per heavy atom. The molecule has 2 aromatic rings. The second-order valence-electron chi connectivity index (χ2n) is 6.02. The van der Waals surface area contributed by atoms with Crippen molar-refractivity contribution in [3.63, 3.8) is 0 Å². The molecule has 0 aliphatic rings. The summed E-state index contributed by atoms with van der Waals surface area (Å²) in [5.74, 6) is -0.615. The molecule has 2 atom stereocenters. The molecule has 0 bridgehead atoms. The highest BCUT2D eigenvalue weighted by atomic mass is 19.1. The summed E-state index contributed by atoms with van der Waals surface area (Å²) in [5, 5.41) is 2.95. The Morgan fingerprint density at radius 2 is 1.88 bits per heavy atom. The maximum atomic E-state index is 13.7. The van der Waals surface area contributed by atoms with Gasteiger partial charge in [-0.2, -0.15) is 0 Å². The van der Waals surface area contributed by atoms with Gasteiger partial charge in [0.2, 0.25) is 0 Å². The van der Waals surface area contributed by atoms with Crippen molar-refractivity contribution in [3.05, 3.63) is 65.0 Å². The summed E-state index contributed by atoms with van der Waals surface area (Å²) < 4.78 is 19.3. The van der Waals surface area contributed by atoms with E-state index in [1.165, 1.54) is 23.3 Å². The number of carbonyl (C=O) groups is 1. The molecule has 1 N–H and O–H groups in total. The smallest absolute Gasteiger partial charge is 0.261 e. The first-order chi connectivity index (χ1) is 11.4. The van der Waals surface area contributed by atoms with E-state index in [4.69, 9.17) is 4.74 Å². The number of rotatable bonds is 6. The molecule has 2 rings (SSSR count). The second-order valence-corrected chi connectivity index (χ2v) is 6.02. The molecule has 2 aromatic carbocycles. The number of hydrogen-bond donors (Lipinski definition) is 1. The molecule has 24 heavy (non-hydrogen) atoms. The Bertz CT molecular complexity index is 715. The molecule has 0 aromatic heterocycles. The van der Waals surface area contributed by atoms with Crippen LogP contribution in [0.1, 0.15) is 43.0 Å². The standard InChI is InChI=1S/C20H24FNO2/c1-5-18(24-19-9-7-6-8-17(19)21)20(23)22-15(4)16-11-10-13(2)14(3)12-16/h6-12,15,18H,5H2,1-4H3,(H,22,23). The van der Waals surface area contributed by atoms with Crippen LogP contribution in [0, 0.1) is 19.7 Å². The van der Waals surface area contributed by atoms with Crippen molar-refractivity contribution < 1.29 is 13.9 Å². The van der Waals surface area contributed by atoms with E-state index in [1.807, 2.05) is 32.9 Å². The first-order valence-electron chi connectivity index (χ1n) is 8.21. The summed E-state index contributed by atoms with van der Waals surface area (Å²) in [6, 6.07) is 12.1. The van der Waals surface area contributed by atoms with Gasteiger partial charge in [-0.3, -0.25) is 4.79 Å². The van der Waals surface area contributed by atoms with Crippen LogP contribution in [-0.4, -0.2) is 12.0 Å². The normalized spacial score (nSPS) is 13.2. The number of amides is 1. The van der Waals surface area contributed by atoms with Crippen molar-refractivity contribution in [2.45, 2.75) is 46.3 Å². The minimum absolute atomic E-state index is 0.0957. The number of para-hydroxylation sites is 1. The fraction of sp³-hybridized carbons (Fsp3) is 0.350. The van der Waals surface area contributed by atoms with Gasteiger partial charge < -0.3 is 10.1 Å². The van der Waals surface area contributed by atoms with Gasteiger partial charge in [0.25, 0.3) is 5.91 Å². The maximum absolute atomic E-state index is 13.7. The minimum atomic E-state index is -0.726. The van der Waals surface area contributed by atoms with Crippen LogP contribution in [0.5, 0.6) is 5.75 Å². The van der Waals surface area contributed by atoms with Crippen LogP contribution in [0.2, 0.25) is 0 Å². The Kier molecular flexibility index (Phi) is 5.96. The van der Waals surface area contributed by atoms with Gasteiger partial charge in [0.05, 0.1) is 6.04 Å². The Morgan fingerprint density at radius 3 is 2.50 bits per heavy atom. The number of halogens is 1. The van der Waals surface area contributed by atoms with E-state index < -0.39 is 11.9 Å². The van der Waals surface area contributed by atoms with Crippen molar-refractivity contribution in [1.82, 2.24) is 5.32 Å². The van der Waals surface area contributed by atoms with Gasteiger partial charge in [-0.25, -0.2) is 4.39 Å². The number of benzene rings is 2. The van der Waals surface area contributed by atoms with Crippen LogP contribution in [0.15, 0.2) is 42.5 Å². The van der Waals surface area contributed by atoms with Crippen LogP contribution < -0.4 is 10.1 Å². The van der Waals surface area contributed by atoms with Crippen LogP contribution >= 0.6 is 0 Å². The summed E-state index contributed by atoms with van der Waals surface area (Å²) in [6.45, 7) is 7.87. The van der Waals surface area contributed by atoms with Gasteiger partial charge in [-0.05, 0) is 56.0 Å². The lowest BCUT2D eigenvalue weighted by molar-refractivity contribution is -0.128. The fourth-order valence-electron chi connectivity index (χ4n) is 2.44. The lowest BCUT2D eigenvalue weighted by atomic mass is 10.0. The Balaban J connectivity index is 2.05. The van der Waals surface area contributed by atoms with Crippen LogP contribution in [0.4, 0.5) is 4.39 Å². The number of hydrogen-bond acceptors (Lipinski definition) is 2. The van der Waals surface area contributed by atoms with Gasteiger partial charge in [0, 0.05) is 0 Å². The third-order valence-electron chi connectivity index (χ3n) is 4.16. The molecule has 128 valence electrons. The quantitative estimate of drug-likeness (QED) is 0.849. The highest BCUT2D eigenvalue weighted by Crippen LogP contribution is 2.20. The molecule has 0 heterocycles. The predicted molar refractivity (Wildman–Crippen MR) is 93.6 cm³/mol.